The van der Waals surface area contributed by atoms with Gasteiger partial charge in [-0.05, 0) is 97.4 Å². The number of ketones is 2. The van der Waals surface area contributed by atoms with Gasteiger partial charge in [-0.1, -0.05) is 151 Å². The molecular weight excluding hydrogens is 833 g/mol. The van der Waals surface area contributed by atoms with Crippen LogP contribution in [0.1, 0.15) is 213 Å². The molecule has 7 heteroatoms. The summed E-state index contributed by atoms with van der Waals surface area (Å²) < 4.78 is 15.2. The van der Waals surface area contributed by atoms with Crippen molar-refractivity contribution < 1.29 is 19.1 Å². The van der Waals surface area contributed by atoms with Gasteiger partial charge in [0.1, 0.15) is 11.5 Å². The minimum atomic E-state index is 0.00747. The highest BCUT2D eigenvalue weighted by molar-refractivity contribution is 8.04. The Morgan fingerprint density at radius 3 is 1.56 bits per heavy atom. The predicted molar refractivity (Wildman–Crippen MR) is 273 cm³/mol. The number of allylic oxidation sites excluding steroid dienone is 1. The van der Waals surface area contributed by atoms with Crippen LogP contribution in [0.5, 0.6) is 0 Å². The molecule has 6 atom stereocenters. The molecule has 0 N–H and O–H groups in total. The Bertz CT molecular complexity index is 2190. The predicted octanol–water partition coefficient (Wildman–Crippen LogP) is 15.4. The SMILES string of the molecule is CCCCC(CC)COC1=c2cc(-c3sc(C)c4c3C(=O)c3cc(CC(CC)CCCC)c(CC(CC)CCCC)cc3C4=O)sc2=C(OCC(CC)CCCC)C2C=C(C)SC12. The normalized spacial score (nSPS) is 18.7. The van der Waals surface area contributed by atoms with Crippen LogP contribution in [0.4, 0.5) is 0 Å². The van der Waals surface area contributed by atoms with Gasteiger partial charge in [-0.2, -0.15) is 0 Å². The lowest BCUT2D eigenvalue weighted by Gasteiger charge is -2.29. The molecule has 346 valence electrons. The first-order chi connectivity index (χ1) is 30.5. The molecule has 4 nitrogen and oxygen atoms in total. The molecule has 0 radical (unpaired) electrons. The molecule has 3 aliphatic rings. The molecule has 6 unspecified atom stereocenters. The smallest absolute Gasteiger partial charge is 0.196 e. The van der Waals surface area contributed by atoms with E-state index in [4.69, 9.17) is 9.47 Å². The number of hydrogen-bond donors (Lipinski definition) is 0. The number of rotatable bonds is 27. The van der Waals surface area contributed by atoms with Gasteiger partial charge in [0.25, 0.3) is 0 Å². The summed E-state index contributed by atoms with van der Waals surface area (Å²) in [7, 11) is 0. The Labute approximate surface area is 394 Å². The Balaban J connectivity index is 1.49. The molecule has 1 aromatic carbocycles. The van der Waals surface area contributed by atoms with E-state index in [2.05, 4.69) is 86.6 Å². The maximum absolute atomic E-state index is 15.2. The maximum Gasteiger partial charge on any atom is 0.196 e. The third kappa shape index (κ3) is 11.3. The first-order valence-electron chi connectivity index (χ1n) is 25.4. The summed E-state index contributed by atoms with van der Waals surface area (Å²) in [6.45, 7) is 24.0. The number of ether oxygens (including phenoxy) is 2. The van der Waals surface area contributed by atoms with E-state index in [1.54, 1.807) is 22.7 Å². The van der Waals surface area contributed by atoms with Crippen molar-refractivity contribution >= 4 is 57.5 Å². The molecule has 2 aliphatic carbocycles. The van der Waals surface area contributed by atoms with Crippen molar-refractivity contribution in [2.45, 2.75) is 190 Å². The number of thiophene rings is 2. The van der Waals surface area contributed by atoms with Gasteiger partial charge < -0.3 is 9.47 Å². The summed E-state index contributed by atoms with van der Waals surface area (Å²) in [5.41, 5.74) is 5.00. The zero-order valence-electron chi connectivity index (χ0n) is 40.8. The highest BCUT2D eigenvalue weighted by atomic mass is 32.2. The Morgan fingerprint density at radius 1 is 0.587 bits per heavy atom. The van der Waals surface area contributed by atoms with Crippen molar-refractivity contribution in [2.24, 2.45) is 29.6 Å². The zero-order valence-corrected chi connectivity index (χ0v) is 43.2. The molecule has 2 aromatic heterocycles. The number of thioether (sulfide) groups is 1. The third-order valence-corrected chi connectivity index (χ3v) is 18.3. The Kier molecular flexibility index (Phi) is 18.8. The van der Waals surface area contributed by atoms with Gasteiger partial charge in [0.15, 0.2) is 11.6 Å². The van der Waals surface area contributed by atoms with E-state index < -0.39 is 0 Å². The minimum Gasteiger partial charge on any atom is -0.496 e. The second-order valence-electron chi connectivity index (χ2n) is 19.2. The standard InChI is InChI=1S/C56H80O4S3/c1-11-19-23-37(15-5)28-41-30-43-44(31-42(41)29-38(16-6)24-20-12-2)51(58)49-48(50(43)57)36(10)62-56(49)47-32-46-53(60-34-40(18-8)26-22-14-4)54-45(27-35(9)61-54)52(55(46)63-47)59-33-39(17-7)25-21-13-3/h27,30-32,37-40,45,54H,11-26,28-29,33-34H2,1-10H3. The number of carbonyl (C=O) groups excluding carboxylic acids is 2. The fourth-order valence-electron chi connectivity index (χ4n) is 10.2. The molecule has 0 saturated heterocycles. The van der Waals surface area contributed by atoms with Crippen molar-refractivity contribution in [1.82, 2.24) is 0 Å². The first kappa shape index (κ1) is 49.8. The second kappa shape index (κ2) is 23.7. The number of aryl methyl sites for hydroxylation is 1. The summed E-state index contributed by atoms with van der Waals surface area (Å²) in [6.07, 6.45) is 23.2. The Hall–Kier alpha value is -2.61. The quantitative estimate of drug-likeness (QED) is 0.0597. The lowest BCUT2D eigenvalue weighted by molar-refractivity contribution is 0.0980. The topological polar surface area (TPSA) is 52.6 Å². The van der Waals surface area contributed by atoms with Crippen LogP contribution in [-0.4, -0.2) is 30.0 Å². The highest BCUT2D eigenvalue weighted by Crippen LogP contribution is 2.48. The highest BCUT2D eigenvalue weighted by Gasteiger charge is 2.41. The third-order valence-electron chi connectivity index (χ3n) is 14.6. The van der Waals surface area contributed by atoms with Gasteiger partial charge in [-0.3, -0.25) is 9.59 Å². The fourth-order valence-corrected chi connectivity index (χ4v) is 14.0. The zero-order chi connectivity index (χ0) is 45.2. The molecule has 0 spiro atoms. The Morgan fingerprint density at radius 2 is 1.06 bits per heavy atom. The van der Waals surface area contributed by atoms with E-state index in [1.807, 2.05) is 18.7 Å². The summed E-state index contributed by atoms with van der Waals surface area (Å²) in [5, 5.41) is 1.23. The van der Waals surface area contributed by atoms with Crippen molar-refractivity contribution in [3.63, 3.8) is 0 Å². The van der Waals surface area contributed by atoms with E-state index in [1.165, 1.54) is 93.1 Å². The van der Waals surface area contributed by atoms with Gasteiger partial charge in [0.2, 0.25) is 0 Å². The van der Waals surface area contributed by atoms with Crippen LogP contribution >= 0.6 is 34.4 Å². The molecular formula is C56H80O4S3. The molecule has 3 heterocycles. The number of carbonyl (C=O) groups is 2. The van der Waals surface area contributed by atoms with Gasteiger partial charge in [-0.25, -0.2) is 0 Å². The molecule has 63 heavy (non-hydrogen) atoms. The molecule has 6 rings (SSSR count). The van der Waals surface area contributed by atoms with Crippen molar-refractivity contribution in [1.29, 1.82) is 0 Å². The number of fused-ring (bicyclic) bond motifs is 4. The second-order valence-corrected chi connectivity index (χ2v) is 22.8. The van der Waals surface area contributed by atoms with Crippen LogP contribution in [0, 0.1) is 36.5 Å². The van der Waals surface area contributed by atoms with Crippen molar-refractivity contribution in [3.8, 4) is 9.75 Å². The molecule has 0 bridgehead atoms. The summed E-state index contributed by atoms with van der Waals surface area (Å²) in [6, 6.07) is 6.62. The van der Waals surface area contributed by atoms with Gasteiger partial charge >= 0.3 is 0 Å². The molecule has 1 aliphatic heterocycles. The molecule has 0 saturated carbocycles. The first-order valence-corrected chi connectivity index (χ1v) is 27.9. The van der Waals surface area contributed by atoms with E-state index >= 15 is 4.79 Å². The van der Waals surface area contributed by atoms with Crippen LogP contribution < -0.4 is 9.75 Å². The van der Waals surface area contributed by atoms with Crippen LogP contribution in [0.2, 0.25) is 0 Å². The van der Waals surface area contributed by atoms with Crippen LogP contribution in [0.15, 0.2) is 29.2 Å². The number of hydrogen-bond acceptors (Lipinski definition) is 7. The van der Waals surface area contributed by atoms with Crippen LogP contribution in [-0.2, 0) is 22.3 Å². The minimum absolute atomic E-state index is 0.00747. The molecule has 0 fully saturated rings. The van der Waals surface area contributed by atoms with E-state index in [9.17, 15) is 4.79 Å². The van der Waals surface area contributed by atoms with E-state index in [-0.39, 0.29) is 22.7 Å². The van der Waals surface area contributed by atoms with Crippen LogP contribution in [0.25, 0.3) is 21.3 Å². The number of unbranched alkanes of at least 4 members (excludes halogenated alkanes) is 4. The monoisotopic (exact) mass is 913 g/mol. The van der Waals surface area contributed by atoms with Crippen LogP contribution in [0.3, 0.4) is 0 Å². The van der Waals surface area contributed by atoms with E-state index in [0.29, 0.717) is 59.1 Å². The summed E-state index contributed by atoms with van der Waals surface area (Å²) >= 11 is 5.26. The van der Waals surface area contributed by atoms with Gasteiger partial charge in [0, 0.05) is 31.7 Å². The molecule has 3 aromatic rings. The molecule has 0 amide bonds. The van der Waals surface area contributed by atoms with Gasteiger partial charge in [-0.15, -0.1) is 34.4 Å². The lowest BCUT2D eigenvalue weighted by atomic mass is 9.78. The fraction of sp³-hybridized carbons (Fsp3) is 0.643. The largest absolute Gasteiger partial charge is 0.496 e. The van der Waals surface area contributed by atoms with Crippen molar-refractivity contribution in [2.75, 3.05) is 13.2 Å². The average Bonchev–Trinajstić information content (AvgIpc) is 4.00. The van der Waals surface area contributed by atoms with Gasteiger partial charge in [0.05, 0.1) is 39.4 Å². The van der Waals surface area contributed by atoms with Crippen molar-refractivity contribution in [3.05, 3.63) is 77.2 Å². The van der Waals surface area contributed by atoms with E-state index in [0.717, 1.165) is 74.4 Å². The lowest BCUT2D eigenvalue weighted by Crippen LogP contribution is -2.39. The average molecular weight is 913 g/mol. The summed E-state index contributed by atoms with van der Waals surface area (Å²) in [4.78, 5) is 34.3. The number of benzene rings is 1. The summed E-state index contributed by atoms with van der Waals surface area (Å²) in [5.74, 6) is 4.39. The maximum atomic E-state index is 15.2.